The molecule has 0 spiro atoms. The number of carbonyl (C=O) groups excluding carboxylic acids is 1. The molecular weight excluding hydrogens is 526 g/mol. The van der Waals surface area contributed by atoms with Gasteiger partial charge in [0, 0.05) is 23.7 Å². The molecule has 5 rings (SSSR count). The summed E-state index contributed by atoms with van der Waals surface area (Å²) in [5, 5.41) is 7.21. The normalized spacial score (nSPS) is 18.7. The summed E-state index contributed by atoms with van der Waals surface area (Å²) in [5.74, 6) is -1.45. The van der Waals surface area contributed by atoms with Crippen molar-refractivity contribution >= 4 is 50.6 Å². The molecule has 2 aliphatic heterocycles. The average Bonchev–Trinajstić information content (AvgIpc) is 3.19. The maximum absolute atomic E-state index is 13.6. The number of hydrogen-bond donors (Lipinski definition) is 1. The topological polar surface area (TPSA) is 84.3 Å². The highest BCUT2D eigenvalue weighted by Crippen LogP contribution is 2.35. The fourth-order valence-corrected chi connectivity index (χ4v) is 6.55. The van der Waals surface area contributed by atoms with Gasteiger partial charge < -0.3 is 0 Å². The number of nitrogens with zero attached hydrogens (tertiary/aromatic N) is 3. The Bertz CT molecular complexity index is 1460. The van der Waals surface area contributed by atoms with Gasteiger partial charge in [-0.1, -0.05) is 41.8 Å². The van der Waals surface area contributed by atoms with Crippen LogP contribution < -0.4 is 5.43 Å². The Kier molecular flexibility index (Phi) is 6.91. The van der Waals surface area contributed by atoms with Crippen LogP contribution in [0.3, 0.4) is 0 Å². The fraction of sp³-hybridized carbons (Fsp3) is 0.280. The monoisotopic (exact) mass is 548 g/mol. The number of nitrogens with one attached hydrogen (secondary N) is 1. The third kappa shape index (κ3) is 5.20. The van der Waals surface area contributed by atoms with Crippen molar-refractivity contribution in [2.75, 3.05) is 18.8 Å². The van der Waals surface area contributed by atoms with Crippen LogP contribution in [0.4, 0.5) is 4.39 Å². The summed E-state index contributed by atoms with van der Waals surface area (Å²) in [5.41, 5.74) is 5.15. The van der Waals surface area contributed by atoms with Crippen molar-refractivity contribution in [3.8, 4) is 5.69 Å². The summed E-state index contributed by atoms with van der Waals surface area (Å²) in [6.45, 7) is 1.41. The molecule has 0 atom stereocenters. The van der Waals surface area contributed by atoms with Gasteiger partial charge in [0.05, 0.1) is 27.9 Å². The molecule has 1 aromatic heterocycles. The Balaban J connectivity index is 1.68. The second kappa shape index (κ2) is 9.97. The van der Waals surface area contributed by atoms with Gasteiger partial charge in [-0.25, -0.2) is 22.5 Å². The second-order valence-electron chi connectivity index (χ2n) is 8.93. The van der Waals surface area contributed by atoms with Crippen molar-refractivity contribution < 1.29 is 17.6 Å². The summed E-state index contributed by atoms with van der Waals surface area (Å²) in [7, 11) is -3.59. The van der Waals surface area contributed by atoms with E-state index in [1.165, 1.54) is 22.9 Å². The lowest BCUT2D eigenvalue weighted by atomic mass is 10.0. The first-order chi connectivity index (χ1) is 17.2. The molecule has 0 bridgehead atoms. The van der Waals surface area contributed by atoms with Crippen LogP contribution in [0.1, 0.15) is 46.6 Å². The van der Waals surface area contributed by atoms with Gasteiger partial charge in [0.1, 0.15) is 11.5 Å². The summed E-state index contributed by atoms with van der Waals surface area (Å²) >= 11 is 12.6. The molecular formula is C25H23Cl2FN4O3S. The molecule has 0 radical (unpaired) electrons. The van der Waals surface area contributed by atoms with Crippen molar-refractivity contribution in [1.82, 2.24) is 20.2 Å². The Morgan fingerprint density at radius 1 is 1.03 bits per heavy atom. The summed E-state index contributed by atoms with van der Waals surface area (Å²) in [6.07, 6.45) is 4.66. The number of hydrogen-bond acceptors (Lipinski definition) is 5. The van der Waals surface area contributed by atoms with E-state index in [1.807, 2.05) is 5.01 Å². The van der Waals surface area contributed by atoms with Crippen LogP contribution in [0.5, 0.6) is 0 Å². The van der Waals surface area contributed by atoms with Crippen LogP contribution in [0.2, 0.25) is 10.0 Å². The van der Waals surface area contributed by atoms with Crippen LogP contribution >= 0.6 is 23.2 Å². The second-order valence-corrected chi connectivity index (χ2v) is 11.8. The highest BCUT2D eigenvalue weighted by atomic mass is 35.5. The number of aromatic nitrogens is 2. The van der Waals surface area contributed by atoms with E-state index in [4.69, 9.17) is 23.2 Å². The predicted molar refractivity (Wildman–Crippen MR) is 138 cm³/mol. The van der Waals surface area contributed by atoms with Gasteiger partial charge in [-0.3, -0.25) is 10.2 Å². The van der Waals surface area contributed by atoms with E-state index < -0.39 is 21.6 Å². The number of sulfone groups is 1. The molecule has 0 saturated carbocycles. The third-order valence-corrected chi connectivity index (χ3v) is 8.22. The largest absolute Gasteiger partial charge is 0.284 e. The zero-order valence-electron chi connectivity index (χ0n) is 19.2. The van der Waals surface area contributed by atoms with Gasteiger partial charge >= 0.3 is 0 Å². The predicted octanol–water partition coefficient (Wildman–Crippen LogP) is 4.92. The van der Waals surface area contributed by atoms with Gasteiger partial charge in [-0.15, -0.1) is 0 Å². The smallest absolute Gasteiger partial charge is 0.283 e. The standard InChI is InChI=1S/C25H23Cl2FN4O3S/c26-18-6-9-22(21(27)13-18)32-24(25(33)30-31-10-2-1-3-11-31)20-15-36(34,35)14-17(23(20)29-32)12-16-4-7-19(28)8-5-16/h4-9,12-13H,1-3,10-11,14-15H2,(H,30,33). The van der Waals surface area contributed by atoms with Crippen molar-refractivity contribution in [2.24, 2.45) is 0 Å². The molecule has 1 fully saturated rings. The van der Waals surface area contributed by atoms with E-state index in [9.17, 15) is 17.6 Å². The van der Waals surface area contributed by atoms with Crippen molar-refractivity contribution in [1.29, 1.82) is 0 Å². The number of amides is 1. The minimum Gasteiger partial charge on any atom is -0.283 e. The number of piperidine rings is 1. The molecule has 36 heavy (non-hydrogen) atoms. The number of fused-ring (bicyclic) bond motifs is 1. The molecule has 0 unspecified atom stereocenters. The lowest BCUT2D eigenvalue weighted by Gasteiger charge is -2.27. The summed E-state index contributed by atoms with van der Waals surface area (Å²) in [6, 6.07) is 10.5. The highest BCUT2D eigenvalue weighted by molar-refractivity contribution is 7.91. The first-order valence-electron chi connectivity index (χ1n) is 11.5. The Labute approximate surface area is 218 Å². The molecule has 0 aliphatic carbocycles. The summed E-state index contributed by atoms with van der Waals surface area (Å²) in [4.78, 5) is 13.6. The van der Waals surface area contributed by atoms with E-state index in [0.717, 1.165) is 19.3 Å². The fourth-order valence-electron chi connectivity index (χ4n) is 4.55. The molecule has 2 aliphatic rings. The first kappa shape index (κ1) is 25.0. The van der Waals surface area contributed by atoms with Crippen LogP contribution in [-0.4, -0.2) is 48.0 Å². The van der Waals surface area contributed by atoms with E-state index in [1.54, 1.807) is 30.3 Å². The van der Waals surface area contributed by atoms with Crippen molar-refractivity contribution in [2.45, 2.75) is 25.0 Å². The zero-order chi connectivity index (χ0) is 25.4. The average molecular weight is 549 g/mol. The van der Waals surface area contributed by atoms with E-state index >= 15 is 0 Å². The minimum atomic E-state index is -3.59. The molecule has 11 heteroatoms. The van der Waals surface area contributed by atoms with E-state index in [-0.39, 0.29) is 22.2 Å². The Morgan fingerprint density at radius 2 is 1.75 bits per heavy atom. The maximum Gasteiger partial charge on any atom is 0.284 e. The molecule has 1 amide bonds. The number of carbonyl (C=O) groups is 1. The van der Waals surface area contributed by atoms with Gasteiger partial charge in [-0.2, -0.15) is 5.10 Å². The van der Waals surface area contributed by atoms with Crippen LogP contribution in [-0.2, 0) is 15.6 Å². The van der Waals surface area contributed by atoms with Crippen LogP contribution in [0.25, 0.3) is 17.3 Å². The quantitative estimate of drug-likeness (QED) is 0.500. The highest BCUT2D eigenvalue weighted by Gasteiger charge is 2.35. The van der Waals surface area contributed by atoms with Gasteiger partial charge in [-0.05, 0) is 60.4 Å². The van der Waals surface area contributed by atoms with Crippen LogP contribution in [0, 0.1) is 5.82 Å². The van der Waals surface area contributed by atoms with Crippen molar-refractivity contribution in [3.05, 3.63) is 80.8 Å². The molecule has 3 aromatic rings. The zero-order valence-corrected chi connectivity index (χ0v) is 21.5. The number of hydrazine groups is 1. The SMILES string of the molecule is O=C(NN1CCCCC1)c1c2c(nn1-c1ccc(Cl)cc1Cl)C(=Cc1ccc(F)cc1)CS(=O)(=O)C2. The Morgan fingerprint density at radius 3 is 2.44 bits per heavy atom. The molecule has 1 N–H and O–H groups in total. The molecule has 188 valence electrons. The summed E-state index contributed by atoms with van der Waals surface area (Å²) < 4.78 is 40.7. The molecule has 7 nitrogen and oxygen atoms in total. The van der Waals surface area contributed by atoms with E-state index in [2.05, 4.69) is 10.5 Å². The lowest BCUT2D eigenvalue weighted by Crippen LogP contribution is -2.45. The maximum atomic E-state index is 13.6. The number of benzene rings is 2. The number of rotatable bonds is 4. The lowest BCUT2D eigenvalue weighted by molar-refractivity contribution is 0.0741. The third-order valence-electron chi connectivity index (χ3n) is 6.21. The number of halogens is 3. The van der Waals surface area contributed by atoms with Crippen molar-refractivity contribution in [3.63, 3.8) is 0 Å². The minimum absolute atomic E-state index is 0.105. The van der Waals surface area contributed by atoms with Gasteiger partial charge in [0.2, 0.25) is 0 Å². The molecule has 2 aromatic carbocycles. The molecule has 1 saturated heterocycles. The molecule has 3 heterocycles. The van der Waals surface area contributed by atoms with Crippen LogP contribution in [0.15, 0.2) is 42.5 Å². The van der Waals surface area contributed by atoms with Gasteiger partial charge in [0.25, 0.3) is 5.91 Å². The Hall–Kier alpha value is -2.72. The first-order valence-corrected chi connectivity index (χ1v) is 14.1. The van der Waals surface area contributed by atoms with E-state index in [0.29, 0.717) is 46.2 Å². The van der Waals surface area contributed by atoms with Gasteiger partial charge in [0.15, 0.2) is 9.84 Å².